The lowest BCUT2D eigenvalue weighted by Crippen LogP contribution is -2.46. The van der Waals surface area contributed by atoms with Crippen molar-refractivity contribution in [1.82, 2.24) is 9.37 Å². The Balaban J connectivity index is 2.48. The molecular weight excluding hydrogens is 268 g/mol. The smallest absolute Gasteiger partial charge is 0.330 e. The first-order valence-corrected chi connectivity index (χ1v) is 8.27. The number of hydrogen-bond acceptors (Lipinski definition) is 5. The van der Waals surface area contributed by atoms with Crippen molar-refractivity contribution in [2.24, 2.45) is 5.41 Å². The molecule has 7 heteroatoms. The molecule has 0 atom stereocenters. The minimum Gasteiger partial charge on any atom is -0.367 e. The first-order valence-electron chi connectivity index (χ1n) is 6.42. The van der Waals surface area contributed by atoms with E-state index in [9.17, 15) is 13.2 Å². The molecule has 0 aromatic heterocycles. The van der Waals surface area contributed by atoms with E-state index in [1.807, 2.05) is 0 Å². The zero-order valence-corrected chi connectivity index (χ0v) is 13.2. The molecule has 1 aliphatic heterocycles. The highest BCUT2D eigenvalue weighted by Gasteiger charge is 2.31. The molecule has 1 aliphatic rings. The minimum absolute atomic E-state index is 0.0143. The van der Waals surface area contributed by atoms with E-state index >= 15 is 0 Å². The molecule has 0 bridgehead atoms. The summed E-state index contributed by atoms with van der Waals surface area (Å²) in [6.07, 6.45) is 2.54. The Morgan fingerprint density at radius 2 is 1.74 bits per heavy atom. The summed E-state index contributed by atoms with van der Waals surface area (Å²) >= 11 is 0. The first-order chi connectivity index (χ1) is 8.51. The molecule has 0 saturated carbocycles. The third-order valence-corrected chi connectivity index (χ3v) is 4.63. The average Bonchev–Trinajstić information content (AvgIpc) is 2.26. The van der Waals surface area contributed by atoms with E-state index in [1.165, 1.54) is 10.6 Å². The third kappa shape index (κ3) is 4.74. The van der Waals surface area contributed by atoms with Crippen molar-refractivity contribution in [1.29, 1.82) is 0 Å². The number of piperidine rings is 1. The predicted octanol–water partition coefficient (Wildman–Crippen LogP) is 0.846. The van der Waals surface area contributed by atoms with E-state index in [4.69, 9.17) is 4.84 Å². The molecule has 1 rings (SSSR count). The number of hydrogen-bond donors (Lipinski definition) is 0. The lowest BCUT2D eigenvalue weighted by atomic mass is 9.98. The van der Waals surface area contributed by atoms with Gasteiger partial charge in [0, 0.05) is 26.2 Å². The molecule has 0 N–H and O–H groups in total. The summed E-state index contributed by atoms with van der Waals surface area (Å²) in [6, 6.07) is -0.0143. The summed E-state index contributed by atoms with van der Waals surface area (Å²) in [5, 5.41) is 1.63. The van der Waals surface area contributed by atoms with Crippen LogP contribution in [-0.2, 0) is 19.7 Å². The Morgan fingerprint density at radius 3 is 2.11 bits per heavy atom. The molecule has 6 nitrogen and oxygen atoms in total. The number of carbonyl (C=O) groups excluding carboxylic acids is 1. The van der Waals surface area contributed by atoms with Gasteiger partial charge in [0.05, 0.1) is 11.7 Å². The second-order valence-corrected chi connectivity index (χ2v) is 8.11. The molecule has 112 valence electrons. The second kappa shape index (κ2) is 5.76. The van der Waals surface area contributed by atoms with Crippen LogP contribution >= 0.6 is 0 Å². The van der Waals surface area contributed by atoms with Crippen LogP contribution < -0.4 is 0 Å². The van der Waals surface area contributed by atoms with Gasteiger partial charge in [-0.2, -0.15) is 0 Å². The van der Waals surface area contributed by atoms with Gasteiger partial charge in [0.1, 0.15) is 0 Å². The van der Waals surface area contributed by atoms with Crippen molar-refractivity contribution in [2.75, 3.05) is 26.4 Å². The number of hydroxylamine groups is 2. The van der Waals surface area contributed by atoms with Crippen molar-refractivity contribution in [3.8, 4) is 0 Å². The minimum atomic E-state index is -3.16. The van der Waals surface area contributed by atoms with Crippen LogP contribution in [0.1, 0.15) is 33.6 Å². The molecule has 19 heavy (non-hydrogen) atoms. The monoisotopic (exact) mass is 292 g/mol. The highest BCUT2D eigenvalue weighted by Crippen LogP contribution is 2.21. The highest BCUT2D eigenvalue weighted by atomic mass is 32.2. The van der Waals surface area contributed by atoms with Gasteiger partial charge < -0.3 is 4.84 Å². The lowest BCUT2D eigenvalue weighted by Gasteiger charge is -2.35. The van der Waals surface area contributed by atoms with Crippen molar-refractivity contribution in [3.63, 3.8) is 0 Å². The lowest BCUT2D eigenvalue weighted by molar-refractivity contribution is -0.205. The van der Waals surface area contributed by atoms with Gasteiger partial charge in [-0.25, -0.2) is 17.5 Å². The van der Waals surface area contributed by atoms with Crippen molar-refractivity contribution < 1.29 is 18.0 Å². The van der Waals surface area contributed by atoms with Crippen LogP contribution in [0.4, 0.5) is 0 Å². The Kier molecular flexibility index (Phi) is 4.97. The van der Waals surface area contributed by atoms with Crippen LogP contribution in [0.25, 0.3) is 0 Å². The summed E-state index contributed by atoms with van der Waals surface area (Å²) in [5.74, 6) is -0.262. The number of carbonyl (C=O) groups is 1. The van der Waals surface area contributed by atoms with Gasteiger partial charge in [0.15, 0.2) is 0 Å². The van der Waals surface area contributed by atoms with Crippen LogP contribution in [-0.4, -0.2) is 56.2 Å². The van der Waals surface area contributed by atoms with Crippen LogP contribution in [0.2, 0.25) is 0 Å². The molecule has 0 aromatic rings. The maximum Gasteiger partial charge on any atom is 0.330 e. The van der Waals surface area contributed by atoms with Crippen LogP contribution in [0.3, 0.4) is 0 Å². The van der Waals surface area contributed by atoms with Gasteiger partial charge >= 0.3 is 5.97 Å². The summed E-state index contributed by atoms with van der Waals surface area (Å²) in [6.45, 7) is 6.54. The summed E-state index contributed by atoms with van der Waals surface area (Å²) in [5.41, 5.74) is -0.527. The Hall–Kier alpha value is -0.660. The van der Waals surface area contributed by atoms with E-state index in [-0.39, 0.29) is 12.0 Å². The molecule has 0 radical (unpaired) electrons. The number of rotatable bonds is 3. The highest BCUT2D eigenvalue weighted by molar-refractivity contribution is 7.88. The van der Waals surface area contributed by atoms with Gasteiger partial charge in [-0.3, -0.25) is 0 Å². The molecule has 1 heterocycles. The van der Waals surface area contributed by atoms with Gasteiger partial charge in [0.25, 0.3) is 0 Å². The predicted molar refractivity (Wildman–Crippen MR) is 72.7 cm³/mol. The third-order valence-electron chi connectivity index (χ3n) is 3.29. The van der Waals surface area contributed by atoms with Gasteiger partial charge in [-0.15, -0.1) is 5.06 Å². The van der Waals surface area contributed by atoms with Crippen LogP contribution in [0.5, 0.6) is 0 Å². The zero-order valence-electron chi connectivity index (χ0n) is 12.3. The van der Waals surface area contributed by atoms with E-state index < -0.39 is 15.4 Å². The fourth-order valence-electron chi connectivity index (χ4n) is 1.82. The van der Waals surface area contributed by atoms with Crippen molar-refractivity contribution in [3.05, 3.63) is 0 Å². The Morgan fingerprint density at radius 1 is 1.26 bits per heavy atom. The molecule has 1 saturated heterocycles. The SMILES string of the molecule is CN(C1CCN(OC(=O)C(C)(C)C)CC1)S(C)(=O)=O. The standard InChI is InChI=1S/C12H24N2O4S/c1-12(2,3)11(15)18-14-8-6-10(7-9-14)13(4)19(5,16)17/h10H,6-9H2,1-5H3. The Bertz CT molecular complexity index is 420. The van der Waals surface area contributed by atoms with Crippen molar-refractivity contribution in [2.45, 2.75) is 39.7 Å². The largest absolute Gasteiger partial charge is 0.367 e. The zero-order chi connectivity index (χ0) is 14.8. The van der Waals surface area contributed by atoms with Gasteiger partial charge in [0.2, 0.25) is 10.0 Å². The van der Waals surface area contributed by atoms with E-state index in [0.29, 0.717) is 25.9 Å². The van der Waals surface area contributed by atoms with Crippen molar-refractivity contribution >= 4 is 16.0 Å². The number of sulfonamides is 1. The normalized spacial score (nSPS) is 19.7. The molecule has 1 fully saturated rings. The Labute approximate surface area is 115 Å². The number of nitrogens with zero attached hydrogens (tertiary/aromatic N) is 2. The van der Waals surface area contributed by atoms with E-state index in [1.54, 1.807) is 32.9 Å². The van der Waals surface area contributed by atoms with Gasteiger partial charge in [-0.1, -0.05) is 0 Å². The van der Waals surface area contributed by atoms with E-state index in [0.717, 1.165) is 0 Å². The molecule has 0 unspecified atom stereocenters. The first kappa shape index (κ1) is 16.4. The van der Waals surface area contributed by atoms with E-state index in [2.05, 4.69) is 0 Å². The summed E-state index contributed by atoms with van der Waals surface area (Å²) in [7, 11) is -1.57. The molecular formula is C12H24N2O4S. The fourth-order valence-corrected chi connectivity index (χ4v) is 2.57. The fraction of sp³-hybridized carbons (Fsp3) is 0.917. The molecule has 0 amide bonds. The molecule has 0 aliphatic carbocycles. The van der Waals surface area contributed by atoms with Gasteiger partial charge in [-0.05, 0) is 33.6 Å². The maximum absolute atomic E-state index is 11.7. The second-order valence-electron chi connectivity index (χ2n) is 6.07. The average molecular weight is 292 g/mol. The van der Waals surface area contributed by atoms with Crippen LogP contribution in [0.15, 0.2) is 0 Å². The summed E-state index contributed by atoms with van der Waals surface area (Å²) in [4.78, 5) is 17.0. The summed E-state index contributed by atoms with van der Waals surface area (Å²) < 4.78 is 24.3. The molecule has 0 spiro atoms. The maximum atomic E-state index is 11.7. The molecule has 0 aromatic carbocycles. The van der Waals surface area contributed by atoms with Crippen LogP contribution in [0, 0.1) is 5.41 Å². The topological polar surface area (TPSA) is 66.9 Å². The quantitative estimate of drug-likeness (QED) is 0.771.